The minimum Gasteiger partial charge on any atom is -0.312 e. The zero-order valence-electron chi connectivity index (χ0n) is 9.98. The van der Waals surface area contributed by atoms with Crippen molar-refractivity contribution in [3.05, 3.63) is 22.8 Å². The number of nitrogens with one attached hydrogen (secondary N) is 1. The lowest BCUT2D eigenvalue weighted by Crippen LogP contribution is -2.11. The van der Waals surface area contributed by atoms with Crippen molar-refractivity contribution < 1.29 is 0 Å². The normalized spacial score (nSPS) is 13.0. The van der Waals surface area contributed by atoms with Gasteiger partial charge in [-0.15, -0.1) is 11.3 Å². The highest BCUT2D eigenvalue weighted by molar-refractivity contribution is 7.15. The highest BCUT2D eigenvalue weighted by atomic mass is 32.1. The minimum absolute atomic E-state index is 0.343. The first-order valence-corrected chi connectivity index (χ1v) is 6.08. The summed E-state index contributed by atoms with van der Waals surface area (Å²) in [5.74, 6) is 0. The topological polar surface area (TPSA) is 42.7 Å². The van der Waals surface area contributed by atoms with Crippen molar-refractivity contribution in [3.63, 3.8) is 0 Å². The Hall–Kier alpha value is -1.20. The lowest BCUT2D eigenvalue weighted by atomic mass is 10.2. The fraction of sp³-hybridized carbons (Fsp3) is 0.455. The van der Waals surface area contributed by atoms with Crippen molar-refractivity contribution in [1.29, 1.82) is 0 Å². The van der Waals surface area contributed by atoms with E-state index in [1.165, 1.54) is 4.88 Å². The van der Waals surface area contributed by atoms with Gasteiger partial charge in [0, 0.05) is 24.2 Å². The molecule has 0 fully saturated rings. The minimum atomic E-state index is 0.343. The molecule has 4 nitrogen and oxygen atoms in total. The van der Waals surface area contributed by atoms with E-state index in [2.05, 4.69) is 22.3 Å². The molecule has 0 saturated carbocycles. The molecule has 0 aliphatic rings. The van der Waals surface area contributed by atoms with E-state index >= 15 is 0 Å². The molecule has 86 valence electrons. The van der Waals surface area contributed by atoms with Crippen LogP contribution in [-0.4, -0.2) is 21.8 Å². The van der Waals surface area contributed by atoms with Gasteiger partial charge in [0.25, 0.3) is 0 Å². The largest absolute Gasteiger partial charge is 0.312 e. The molecule has 2 heterocycles. The first kappa shape index (κ1) is 11.3. The summed E-state index contributed by atoms with van der Waals surface area (Å²) in [6, 6.07) is 2.33. The summed E-state index contributed by atoms with van der Waals surface area (Å²) in [7, 11) is 3.88. The number of aryl methyl sites for hydroxylation is 2. The Kier molecular flexibility index (Phi) is 3.07. The molecule has 0 saturated heterocycles. The van der Waals surface area contributed by atoms with Gasteiger partial charge in [-0.25, -0.2) is 4.98 Å². The van der Waals surface area contributed by atoms with Crippen LogP contribution in [0.2, 0.25) is 0 Å². The molecule has 1 unspecified atom stereocenters. The van der Waals surface area contributed by atoms with E-state index in [9.17, 15) is 0 Å². The molecular formula is C11H16N4S. The Morgan fingerprint density at radius 2 is 2.25 bits per heavy atom. The monoisotopic (exact) mass is 236 g/mol. The Morgan fingerprint density at radius 3 is 2.81 bits per heavy atom. The summed E-state index contributed by atoms with van der Waals surface area (Å²) in [6.45, 7) is 4.19. The third kappa shape index (κ3) is 2.01. The Bertz CT molecular complexity index is 486. The lowest BCUT2D eigenvalue weighted by molar-refractivity contribution is 0.658. The van der Waals surface area contributed by atoms with Gasteiger partial charge in [-0.3, -0.25) is 4.68 Å². The van der Waals surface area contributed by atoms with E-state index < -0.39 is 0 Å². The molecule has 1 atom stereocenters. The Labute approximate surface area is 99.3 Å². The SMILES string of the molecule is CNC(C)c1sc(-c2ccn(C)n2)nc1C. The van der Waals surface area contributed by atoms with Crippen LogP contribution in [0.1, 0.15) is 23.5 Å². The van der Waals surface area contributed by atoms with Crippen molar-refractivity contribution in [2.75, 3.05) is 7.05 Å². The molecule has 1 N–H and O–H groups in total. The molecule has 0 aliphatic heterocycles. The second-order valence-electron chi connectivity index (χ2n) is 3.85. The summed E-state index contributed by atoms with van der Waals surface area (Å²) in [4.78, 5) is 5.85. The van der Waals surface area contributed by atoms with Gasteiger partial charge in [-0.1, -0.05) is 0 Å². The maximum Gasteiger partial charge on any atom is 0.144 e. The van der Waals surface area contributed by atoms with E-state index in [1.54, 1.807) is 16.0 Å². The maximum atomic E-state index is 4.57. The maximum absolute atomic E-state index is 4.57. The zero-order valence-corrected chi connectivity index (χ0v) is 10.8. The van der Waals surface area contributed by atoms with Gasteiger partial charge in [0.2, 0.25) is 0 Å². The molecule has 2 aromatic rings. The Morgan fingerprint density at radius 1 is 1.50 bits per heavy atom. The molecule has 0 aromatic carbocycles. The fourth-order valence-electron chi connectivity index (χ4n) is 1.58. The number of hydrogen-bond acceptors (Lipinski definition) is 4. The van der Waals surface area contributed by atoms with Crippen molar-refractivity contribution in [2.24, 2.45) is 7.05 Å². The molecule has 0 amide bonds. The van der Waals surface area contributed by atoms with Crippen LogP contribution in [0, 0.1) is 6.92 Å². The van der Waals surface area contributed by atoms with Crippen molar-refractivity contribution >= 4 is 11.3 Å². The molecule has 2 aromatic heterocycles. The summed E-state index contributed by atoms with van der Waals surface area (Å²) in [5, 5.41) is 8.60. The van der Waals surface area contributed by atoms with Crippen molar-refractivity contribution in [2.45, 2.75) is 19.9 Å². The summed E-state index contributed by atoms with van der Waals surface area (Å²) >= 11 is 1.71. The Balaban J connectivity index is 2.37. The highest BCUT2D eigenvalue weighted by Crippen LogP contribution is 2.30. The van der Waals surface area contributed by atoms with Crippen LogP contribution >= 0.6 is 11.3 Å². The number of aromatic nitrogens is 3. The molecule has 0 spiro atoms. The van der Waals surface area contributed by atoms with E-state index in [0.29, 0.717) is 6.04 Å². The van der Waals surface area contributed by atoms with Crippen LogP contribution in [0.25, 0.3) is 10.7 Å². The average Bonchev–Trinajstić information content (AvgIpc) is 2.83. The van der Waals surface area contributed by atoms with Crippen LogP contribution < -0.4 is 5.32 Å². The van der Waals surface area contributed by atoms with E-state index in [-0.39, 0.29) is 0 Å². The molecular weight excluding hydrogens is 220 g/mol. The lowest BCUT2D eigenvalue weighted by Gasteiger charge is -2.06. The molecule has 5 heteroatoms. The number of nitrogens with zero attached hydrogens (tertiary/aromatic N) is 3. The van der Waals surface area contributed by atoms with Crippen molar-refractivity contribution in [3.8, 4) is 10.7 Å². The van der Waals surface area contributed by atoms with Gasteiger partial charge in [0.15, 0.2) is 0 Å². The summed E-state index contributed by atoms with van der Waals surface area (Å²) < 4.78 is 1.80. The van der Waals surface area contributed by atoms with Crippen LogP contribution in [-0.2, 0) is 7.05 Å². The zero-order chi connectivity index (χ0) is 11.7. The highest BCUT2D eigenvalue weighted by Gasteiger charge is 2.14. The van der Waals surface area contributed by atoms with Crippen LogP contribution in [0.5, 0.6) is 0 Å². The van der Waals surface area contributed by atoms with Crippen molar-refractivity contribution in [1.82, 2.24) is 20.1 Å². The van der Waals surface area contributed by atoms with Crippen LogP contribution in [0.3, 0.4) is 0 Å². The number of hydrogen-bond donors (Lipinski definition) is 1. The van der Waals surface area contributed by atoms with E-state index in [1.807, 2.05) is 33.3 Å². The standard InChI is InChI=1S/C11H16N4S/c1-7(12-3)10-8(2)13-11(16-10)9-5-6-15(4)14-9/h5-7,12H,1-4H3. The summed E-state index contributed by atoms with van der Waals surface area (Å²) in [5.41, 5.74) is 2.04. The second kappa shape index (κ2) is 4.35. The molecule has 16 heavy (non-hydrogen) atoms. The van der Waals surface area contributed by atoms with Gasteiger partial charge < -0.3 is 5.32 Å². The number of thiazole rings is 1. The van der Waals surface area contributed by atoms with Gasteiger partial charge in [0.05, 0.1) is 5.69 Å². The fourth-order valence-corrected chi connectivity index (χ4v) is 2.67. The van der Waals surface area contributed by atoms with Crippen LogP contribution in [0.4, 0.5) is 0 Å². The molecule has 2 rings (SSSR count). The average molecular weight is 236 g/mol. The first-order chi connectivity index (χ1) is 7.61. The summed E-state index contributed by atoms with van der Waals surface area (Å²) in [6.07, 6.45) is 1.94. The molecule has 0 radical (unpaired) electrons. The predicted octanol–water partition coefficient (Wildman–Crippen LogP) is 2.13. The third-order valence-corrected chi connectivity index (χ3v) is 3.95. The van der Waals surface area contributed by atoms with Gasteiger partial charge in [-0.05, 0) is 27.0 Å². The smallest absolute Gasteiger partial charge is 0.144 e. The quantitative estimate of drug-likeness (QED) is 0.887. The van der Waals surface area contributed by atoms with Crippen LogP contribution in [0.15, 0.2) is 12.3 Å². The van der Waals surface area contributed by atoms with Gasteiger partial charge >= 0.3 is 0 Å². The van der Waals surface area contributed by atoms with Gasteiger partial charge in [-0.2, -0.15) is 5.10 Å². The molecule has 0 bridgehead atoms. The van der Waals surface area contributed by atoms with E-state index in [4.69, 9.17) is 0 Å². The van der Waals surface area contributed by atoms with Gasteiger partial charge in [0.1, 0.15) is 10.7 Å². The third-order valence-electron chi connectivity index (χ3n) is 2.59. The first-order valence-electron chi connectivity index (χ1n) is 5.26. The number of rotatable bonds is 3. The second-order valence-corrected chi connectivity index (χ2v) is 4.88. The predicted molar refractivity (Wildman–Crippen MR) is 66.5 cm³/mol. The molecule has 0 aliphatic carbocycles. The van der Waals surface area contributed by atoms with E-state index in [0.717, 1.165) is 16.4 Å².